The third kappa shape index (κ3) is 7.75. The van der Waals surface area contributed by atoms with Gasteiger partial charge in [-0.05, 0) is 56.1 Å². The largest absolute Gasteiger partial charge is 0.383 e. The molecule has 2 aromatic heterocycles. The molecule has 48 heavy (non-hydrogen) atoms. The highest BCUT2D eigenvalue weighted by Crippen LogP contribution is 2.31. The van der Waals surface area contributed by atoms with Gasteiger partial charge in [0.2, 0.25) is 0 Å². The molecule has 0 bridgehead atoms. The van der Waals surface area contributed by atoms with E-state index < -0.39 is 0 Å². The number of methoxy groups -OCH3 is 1. The minimum Gasteiger partial charge on any atom is -0.383 e. The van der Waals surface area contributed by atoms with Crippen LogP contribution in [0.3, 0.4) is 0 Å². The number of urea groups is 1. The van der Waals surface area contributed by atoms with Crippen molar-refractivity contribution in [1.29, 1.82) is 0 Å². The molecule has 2 atom stereocenters. The van der Waals surface area contributed by atoms with Gasteiger partial charge in [0.1, 0.15) is 11.5 Å². The molecule has 252 valence electrons. The Bertz CT molecular complexity index is 1650. The highest BCUT2D eigenvalue weighted by molar-refractivity contribution is 5.93. The SMILES string of the molecule is CCN1CCC(NC(=O)c2ccc(-c3nn(-c4ccccc4)c(NC(=O)N[C@@H]4CN(CCOC)C[C@H]4c4ccccc4)c3C)cn2)CC1. The lowest BCUT2D eigenvalue weighted by atomic mass is 9.94. The van der Waals surface area contributed by atoms with Gasteiger partial charge in [0.05, 0.1) is 24.0 Å². The highest BCUT2D eigenvalue weighted by atomic mass is 16.5. The number of benzene rings is 2. The summed E-state index contributed by atoms with van der Waals surface area (Å²) in [5.41, 5.74) is 4.61. The van der Waals surface area contributed by atoms with Gasteiger partial charge in [-0.2, -0.15) is 5.10 Å². The predicted octanol–water partition coefficient (Wildman–Crippen LogP) is 4.69. The summed E-state index contributed by atoms with van der Waals surface area (Å²) in [6, 6.07) is 23.4. The molecule has 3 N–H and O–H groups in total. The minimum atomic E-state index is -0.295. The van der Waals surface area contributed by atoms with Gasteiger partial charge in [0.25, 0.3) is 5.91 Å². The van der Waals surface area contributed by atoms with Crippen LogP contribution >= 0.6 is 0 Å². The van der Waals surface area contributed by atoms with E-state index in [1.807, 2.05) is 61.5 Å². The molecule has 2 aromatic carbocycles. The molecule has 0 unspecified atom stereocenters. The molecule has 2 aliphatic heterocycles. The van der Waals surface area contributed by atoms with Crippen molar-refractivity contribution in [3.63, 3.8) is 0 Å². The second kappa shape index (κ2) is 15.5. The summed E-state index contributed by atoms with van der Waals surface area (Å²) < 4.78 is 7.08. The Hall–Kier alpha value is -4.58. The summed E-state index contributed by atoms with van der Waals surface area (Å²) in [4.78, 5) is 35.9. The standard InChI is InChI=1S/C37H46N8O3/c1-4-43-19-17-29(18-20-43)39-36(46)32-16-15-28(23-38-32)34-26(2)35(45(42-34)30-13-9-6-10-14-30)41-37(47)40-33-25-44(21-22-48-3)24-31(33)27-11-7-5-8-12-27/h5-16,23,29,31,33H,4,17-22,24-25H2,1-3H3,(H,39,46)(H2,40,41,47)/t31-,33+/m0/s1. The first-order valence-electron chi connectivity index (χ1n) is 16.9. The lowest BCUT2D eigenvalue weighted by Crippen LogP contribution is -2.44. The summed E-state index contributed by atoms with van der Waals surface area (Å²) in [6.07, 6.45) is 3.56. The first-order chi connectivity index (χ1) is 23.4. The van der Waals surface area contributed by atoms with Crippen molar-refractivity contribution < 1.29 is 14.3 Å². The molecule has 0 aliphatic carbocycles. The summed E-state index contributed by atoms with van der Waals surface area (Å²) in [5, 5.41) is 14.5. The number of hydrogen-bond acceptors (Lipinski definition) is 7. The summed E-state index contributed by atoms with van der Waals surface area (Å²) in [7, 11) is 1.71. The van der Waals surface area contributed by atoms with Crippen molar-refractivity contribution in [3.05, 3.63) is 95.8 Å². The number of likely N-dealkylation sites (tertiary alicyclic amines) is 2. The van der Waals surface area contributed by atoms with Crippen LogP contribution in [0.1, 0.15) is 47.3 Å². The molecule has 3 amide bonds. The molecule has 4 aromatic rings. The van der Waals surface area contributed by atoms with E-state index in [9.17, 15) is 9.59 Å². The molecule has 6 rings (SSSR count). The van der Waals surface area contributed by atoms with E-state index in [2.05, 4.69) is 49.8 Å². The smallest absolute Gasteiger partial charge is 0.320 e. The van der Waals surface area contributed by atoms with E-state index in [1.165, 1.54) is 5.56 Å². The van der Waals surface area contributed by atoms with E-state index in [-0.39, 0.29) is 29.9 Å². The number of carbonyl (C=O) groups is 2. The predicted molar refractivity (Wildman–Crippen MR) is 188 cm³/mol. The Morgan fingerprint density at radius 1 is 0.917 bits per heavy atom. The maximum absolute atomic E-state index is 13.7. The Morgan fingerprint density at radius 3 is 2.31 bits per heavy atom. The number of hydrogen-bond donors (Lipinski definition) is 3. The average Bonchev–Trinajstić information content (AvgIpc) is 3.68. The second-order valence-electron chi connectivity index (χ2n) is 12.7. The molecular formula is C37H46N8O3. The molecule has 11 nitrogen and oxygen atoms in total. The van der Waals surface area contributed by atoms with Gasteiger partial charge in [-0.1, -0.05) is 55.5 Å². The molecule has 4 heterocycles. The van der Waals surface area contributed by atoms with Gasteiger partial charge in [-0.25, -0.2) is 9.48 Å². The van der Waals surface area contributed by atoms with Crippen LogP contribution in [0.15, 0.2) is 79.0 Å². The first-order valence-corrected chi connectivity index (χ1v) is 16.9. The van der Waals surface area contributed by atoms with Crippen molar-refractivity contribution in [2.24, 2.45) is 0 Å². The number of para-hydroxylation sites is 1. The van der Waals surface area contributed by atoms with Crippen LogP contribution in [-0.4, -0.2) is 102 Å². The molecule has 0 saturated carbocycles. The van der Waals surface area contributed by atoms with Crippen LogP contribution in [-0.2, 0) is 4.74 Å². The molecule has 0 radical (unpaired) electrons. The van der Waals surface area contributed by atoms with Crippen molar-refractivity contribution in [3.8, 4) is 16.9 Å². The van der Waals surface area contributed by atoms with Gasteiger partial charge in [-0.3, -0.25) is 20.0 Å². The normalized spacial score (nSPS) is 18.9. The number of aromatic nitrogens is 3. The van der Waals surface area contributed by atoms with Crippen molar-refractivity contribution in [1.82, 2.24) is 35.2 Å². The van der Waals surface area contributed by atoms with Gasteiger partial charge >= 0.3 is 6.03 Å². The van der Waals surface area contributed by atoms with E-state index >= 15 is 0 Å². The Balaban J connectivity index is 1.20. The molecule has 2 fully saturated rings. The second-order valence-corrected chi connectivity index (χ2v) is 12.7. The van der Waals surface area contributed by atoms with Gasteiger partial charge in [0, 0.05) is 69.1 Å². The van der Waals surface area contributed by atoms with Gasteiger partial charge < -0.3 is 20.3 Å². The van der Waals surface area contributed by atoms with Crippen molar-refractivity contribution in [2.75, 3.05) is 58.3 Å². The number of amides is 3. The fraction of sp³-hybridized carbons (Fsp3) is 0.405. The van der Waals surface area contributed by atoms with Crippen LogP contribution < -0.4 is 16.0 Å². The first kappa shape index (κ1) is 33.3. The highest BCUT2D eigenvalue weighted by Gasteiger charge is 2.35. The molecule has 2 aliphatic rings. The zero-order valence-electron chi connectivity index (χ0n) is 28.1. The number of nitrogens with one attached hydrogen (secondary N) is 3. The maximum Gasteiger partial charge on any atom is 0.320 e. The van der Waals surface area contributed by atoms with Gasteiger partial charge in [0.15, 0.2) is 0 Å². The summed E-state index contributed by atoms with van der Waals surface area (Å²) >= 11 is 0. The van der Waals surface area contributed by atoms with Crippen LogP contribution in [0.2, 0.25) is 0 Å². The Morgan fingerprint density at radius 2 is 1.65 bits per heavy atom. The molecule has 2 saturated heterocycles. The minimum absolute atomic E-state index is 0.0841. The van der Waals surface area contributed by atoms with E-state index in [0.717, 1.165) is 68.9 Å². The van der Waals surface area contributed by atoms with Crippen LogP contribution in [0.5, 0.6) is 0 Å². The van der Waals surface area contributed by atoms with E-state index in [1.54, 1.807) is 24.1 Å². The number of piperidine rings is 1. The third-order valence-corrected chi connectivity index (χ3v) is 9.55. The van der Waals surface area contributed by atoms with Crippen molar-refractivity contribution >= 4 is 17.8 Å². The molecule has 0 spiro atoms. The molecular weight excluding hydrogens is 604 g/mol. The molecule has 11 heteroatoms. The number of nitrogens with zero attached hydrogens (tertiary/aromatic N) is 5. The van der Waals surface area contributed by atoms with E-state index in [0.29, 0.717) is 23.8 Å². The fourth-order valence-electron chi connectivity index (χ4n) is 6.78. The fourth-order valence-corrected chi connectivity index (χ4v) is 6.78. The topological polar surface area (TPSA) is 117 Å². The number of rotatable bonds is 11. The quantitative estimate of drug-likeness (QED) is 0.216. The Kier molecular flexibility index (Phi) is 10.8. The third-order valence-electron chi connectivity index (χ3n) is 9.55. The number of anilines is 1. The zero-order valence-corrected chi connectivity index (χ0v) is 28.1. The van der Waals surface area contributed by atoms with Gasteiger partial charge in [-0.15, -0.1) is 0 Å². The van der Waals surface area contributed by atoms with Crippen molar-refractivity contribution in [2.45, 2.75) is 44.7 Å². The number of pyridine rings is 1. The number of ether oxygens (including phenoxy) is 1. The monoisotopic (exact) mass is 650 g/mol. The summed E-state index contributed by atoms with van der Waals surface area (Å²) in [6.45, 7) is 10.1. The summed E-state index contributed by atoms with van der Waals surface area (Å²) in [5.74, 6) is 0.554. The zero-order chi connectivity index (χ0) is 33.5. The van der Waals surface area contributed by atoms with E-state index in [4.69, 9.17) is 9.84 Å². The van der Waals surface area contributed by atoms with Crippen LogP contribution in [0.4, 0.5) is 10.6 Å². The number of carbonyl (C=O) groups excluding carboxylic acids is 2. The maximum atomic E-state index is 13.7. The van der Waals surface area contributed by atoms with Crippen LogP contribution in [0.25, 0.3) is 16.9 Å². The lowest BCUT2D eigenvalue weighted by Gasteiger charge is -2.31. The average molecular weight is 651 g/mol. The lowest BCUT2D eigenvalue weighted by molar-refractivity contribution is 0.0907. The van der Waals surface area contributed by atoms with Crippen LogP contribution in [0, 0.1) is 6.92 Å². The Labute approximate surface area is 282 Å².